The predicted molar refractivity (Wildman–Crippen MR) is 269 cm³/mol. The van der Waals surface area contributed by atoms with Crippen LogP contribution in [-0.4, -0.2) is 85.2 Å². The minimum Gasteiger partial charge on any atom is -0.491 e. The topological polar surface area (TPSA) is 138 Å². The molecule has 0 bridgehead atoms. The zero-order valence-corrected chi connectivity index (χ0v) is 41.5. The molecule has 0 spiro atoms. The Labute approximate surface area is 402 Å². The third-order valence-corrected chi connectivity index (χ3v) is 14.5. The van der Waals surface area contributed by atoms with Gasteiger partial charge >= 0.3 is 6.03 Å². The van der Waals surface area contributed by atoms with Crippen molar-refractivity contribution >= 4 is 45.1 Å². The molecule has 1 atom stereocenters. The fraction of sp³-hybridized carbons (Fsp3) is 0.593. The average molecular weight is 942 g/mol. The van der Waals surface area contributed by atoms with E-state index in [1.807, 2.05) is 36.4 Å². The van der Waals surface area contributed by atoms with Crippen molar-refractivity contribution in [3.63, 3.8) is 0 Å². The predicted octanol–water partition coefficient (Wildman–Crippen LogP) is 12.6. The van der Waals surface area contributed by atoms with Gasteiger partial charge in [0, 0.05) is 26.3 Å². The molecular weight excluding hydrogens is 863 g/mol. The summed E-state index contributed by atoms with van der Waals surface area (Å²) in [7, 11) is -4.29. The second kappa shape index (κ2) is 29.9. The first-order valence-corrected chi connectivity index (χ1v) is 27.2. The van der Waals surface area contributed by atoms with Crippen LogP contribution in [0, 0.1) is 0 Å². The summed E-state index contributed by atoms with van der Waals surface area (Å²) in [5, 5.41) is 2.92. The largest absolute Gasteiger partial charge is 0.491 e. The molecule has 3 aromatic carbocycles. The van der Waals surface area contributed by atoms with Gasteiger partial charge in [-0.15, -0.1) is 0 Å². The lowest BCUT2D eigenvalue weighted by molar-refractivity contribution is -0.130. The molecule has 2 heterocycles. The molecule has 1 N–H and O–H groups in total. The first-order chi connectivity index (χ1) is 32.8. The second-order valence-electron chi connectivity index (χ2n) is 18.2. The molecule has 0 aliphatic carbocycles. The van der Waals surface area contributed by atoms with E-state index in [0.29, 0.717) is 31.1 Å². The number of nitrogens with one attached hydrogen (secondary N) is 1. The van der Waals surface area contributed by atoms with Crippen LogP contribution in [0.3, 0.4) is 0 Å². The number of sulfonamides is 1. The van der Waals surface area contributed by atoms with Crippen molar-refractivity contribution in [3.8, 4) is 5.75 Å². The van der Waals surface area contributed by atoms with Crippen LogP contribution >= 0.6 is 0 Å². The Kier molecular flexibility index (Phi) is 23.7. The molecule has 67 heavy (non-hydrogen) atoms. The maximum atomic E-state index is 14.9. The van der Waals surface area contributed by atoms with Gasteiger partial charge in [-0.05, 0) is 49.1 Å². The molecule has 2 aliphatic rings. The molecule has 1 unspecified atom stereocenters. The number of para-hydroxylation sites is 3. The van der Waals surface area contributed by atoms with Gasteiger partial charge in [0.25, 0.3) is 21.8 Å². The van der Waals surface area contributed by atoms with E-state index in [2.05, 4.69) is 19.2 Å². The van der Waals surface area contributed by atoms with Gasteiger partial charge in [-0.25, -0.2) is 23.1 Å². The summed E-state index contributed by atoms with van der Waals surface area (Å²) in [4.78, 5) is 50.4. The number of anilines is 1. The molecule has 0 radical (unpaired) electrons. The maximum absolute atomic E-state index is 14.9. The minimum absolute atomic E-state index is 0.0227. The van der Waals surface area contributed by atoms with E-state index in [1.54, 1.807) is 36.4 Å². The van der Waals surface area contributed by atoms with Crippen LogP contribution in [-0.2, 0) is 30.9 Å². The van der Waals surface area contributed by atoms with Gasteiger partial charge in [-0.1, -0.05) is 197 Å². The lowest BCUT2D eigenvalue weighted by atomic mass is 10.1. The molecule has 12 nitrogen and oxygen atoms in total. The summed E-state index contributed by atoms with van der Waals surface area (Å²) in [6.45, 7) is 5.52. The van der Waals surface area contributed by atoms with E-state index < -0.39 is 33.9 Å². The number of benzene rings is 3. The number of urea groups is 1. The number of nitrogens with zero attached hydrogens (tertiary/aromatic N) is 4. The van der Waals surface area contributed by atoms with Crippen molar-refractivity contribution < 1.29 is 32.3 Å². The highest BCUT2D eigenvalue weighted by atomic mass is 32.2. The van der Waals surface area contributed by atoms with Crippen LogP contribution < -0.4 is 10.1 Å². The summed E-state index contributed by atoms with van der Waals surface area (Å²) >= 11 is 0. The van der Waals surface area contributed by atoms with Gasteiger partial charge in [0.05, 0.1) is 18.0 Å². The molecule has 1 fully saturated rings. The summed E-state index contributed by atoms with van der Waals surface area (Å²) in [5.41, 5.74) is 1.26. The van der Waals surface area contributed by atoms with E-state index >= 15 is 0 Å². The Balaban J connectivity index is 1.27. The van der Waals surface area contributed by atoms with E-state index in [4.69, 9.17) is 14.5 Å². The number of amidine groups is 1. The molecule has 13 heteroatoms. The normalized spacial score (nSPS) is 14.9. The van der Waals surface area contributed by atoms with Crippen molar-refractivity contribution in [1.82, 2.24) is 14.1 Å². The molecule has 368 valence electrons. The van der Waals surface area contributed by atoms with Gasteiger partial charge in [0.2, 0.25) is 0 Å². The first-order valence-electron chi connectivity index (χ1n) is 25.7. The van der Waals surface area contributed by atoms with Crippen molar-refractivity contribution in [1.29, 1.82) is 0 Å². The van der Waals surface area contributed by atoms with Gasteiger partial charge in [0.1, 0.15) is 17.2 Å². The third kappa shape index (κ3) is 17.1. The van der Waals surface area contributed by atoms with Gasteiger partial charge in [-0.3, -0.25) is 13.9 Å². The Bertz CT molecular complexity index is 2080. The van der Waals surface area contributed by atoms with Crippen LogP contribution in [0.5, 0.6) is 5.75 Å². The number of carbonyl (C=O) groups excluding carboxylic acids is 3. The van der Waals surface area contributed by atoms with Crippen LogP contribution in [0.15, 0.2) is 88.8 Å². The summed E-state index contributed by atoms with van der Waals surface area (Å²) < 4.78 is 42.4. The fourth-order valence-corrected chi connectivity index (χ4v) is 10.5. The first kappa shape index (κ1) is 53.2. The Morgan fingerprint density at radius 3 is 1.79 bits per heavy atom. The van der Waals surface area contributed by atoms with Crippen LogP contribution in [0.4, 0.5) is 16.2 Å². The van der Waals surface area contributed by atoms with Crippen molar-refractivity contribution in [2.75, 3.05) is 38.2 Å². The average Bonchev–Trinajstić information content (AvgIpc) is 3.60. The molecule has 3 aromatic rings. The number of rotatable bonds is 35. The Morgan fingerprint density at radius 2 is 1.16 bits per heavy atom. The molecule has 5 rings (SSSR count). The monoisotopic (exact) mass is 942 g/mol. The number of hydrogen-bond acceptors (Lipinski definition) is 8. The van der Waals surface area contributed by atoms with Gasteiger partial charge in [0.15, 0.2) is 11.9 Å². The number of aliphatic imine (C=N–C) groups is 1. The van der Waals surface area contributed by atoms with Gasteiger partial charge in [-0.2, -0.15) is 0 Å². The Morgan fingerprint density at radius 1 is 0.642 bits per heavy atom. The zero-order chi connectivity index (χ0) is 47.5. The molecule has 1 saturated heterocycles. The molecular formula is C54H79N5O7S. The number of imide groups is 1. The molecule has 0 saturated carbocycles. The number of hydrogen-bond donors (Lipinski definition) is 1. The SMILES string of the molecule is CCCCCCCCCCCCCCOc1ccccc1NC(=O)C(C1=Nc2ccccc2S(=O)(=O)N1CCCOCCCCCCCCCCCC)N1C(=O)CN(Cc2ccccc2)C1=O. The van der Waals surface area contributed by atoms with Crippen LogP contribution in [0.25, 0.3) is 0 Å². The third-order valence-electron chi connectivity index (χ3n) is 12.7. The minimum atomic E-state index is -4.29. The zero-order valence-electron chi connectivity index (χ0n) is 40.6. The lowest BCUT2D eigenvalue weighted by Gasteiger charge is -2.35. The Hall–Kier alpha value is -4.75. The van der Waals surface area contributed by atoms with E-state index in [-0.39, 0.29) is 42.7 Å². The molecule has 0 aromatic heterocycles. The van der Waals surface area contributed by atoms with Crippen LogP contribution in [0.1, 0.15) is 167 Å². The smallest absolute Gasteiger partial charge is 0.328 e. The number of ether oxygens (including phenoxy) is 2. The van der Waals surface area contributed by atoms with E-state index in [9.17, 15) is 22.8 Å². The summed E-state index contributed by atoms with van der Waals surface area (Å²) in [5.74, 6) is -1.23. The second-order valence-corrected chi connectivity index (χ2v) is 20.0. The summed E-state index contributed by atoms with van der Waals surface area (Å²) in [6.07, 6.45) is 27.1. The van der Waals surface area contributed by atoms with Crippen molar-refractivity contribution in [2.24, 2.45) is 4.99 Å². The quantitative estimate of drug-likeness (QED) is 0.0458. The highest BCUT2D eigenvalue weighted by molar-refractivity contribution is 7.90. The number of carbonyl (C=O) groups is 3. The lowest BCUT2D eigenvalue weighted by Crippen LogP contribution is -2.58. The van der Waals surface area contributed by atoms with E-state index in [1.165, 1.54) is 120 Å². The number of amides is 4. The highest BCUT2D eigenvalue weighted by Crippen LogP contribution is 2.35. The number of fused-ring (bicyclic) bond motifs is 1. The van der Waals surface area contributed by atoms with Gasteiger partial charge < -0.3 is 19.7 Å². The van der Waals surface area contributed by atoms with Crippen LogP contribution in [0.2, 0.25) is 0 Å². The van der Waals surface area contributed by atoms with Crippen molar-refractivity contribution in [3.05, 3.63) is 84.4 Å². The van der Waals surface area contributed by atoms with Crippen molar-refractivity contribution in [2.45, 2.75) is 179 Å². The molecule has 2 aliphatic heterocycles. The highest BCUT2D eigenvalue weighted by Gasteiger charge is 2.50. The number of unbranched alkanes of at least 4 members (excludes halogenated alkanes) is 20. The van der Waals surface area contributed by atoms with E-state index in [0.717, 1.165) is 46.9 Å². The molecule has 4 amide bonds. The summed E-state index contributed by atoms with van der Waals surface area (Å²) in [6, 6.07) is 20.2. The maximum Gasteiger partial charge on any atom is 0.328 e. The fourth-order valence-electron chi connectivity index (χ4n) is 8.84. The standard InChI is InChI=1S/C54H79N5O7S/c1-3-5-7-9-11-13-15-16-18-20-22-31-42-66-48-37-28-26-35-46(48)56-53(61)51(59-50(60)44-57(54(59)62)43-45-33-24-23-25-34-45)52-55-47-36-27-29-38-49(47)67(63,64)58(52)39-32-41-65-40-30-21-19-17-14-12-10-8-6-4-2/h23-29,33-38,51H,3-22,30-32,39-44H2,1-2H3,(H,56,61).